The number of ketones is 1. The van der Waals surface area contributed by atoms with Gasteiger partial charge in [-0.15, -0.1) is 0 Å². The van der Waals surface area contributed by atoms with Crippen LogP contribution in [0, 0.1) is 11.3 Å². The number of esters is 2. The van der Waals surface area contributed by atoms with Crippen LogP contribution in [-0.2, 0) is 23.9 Å². The van der Waals surface area contributed by atoms with Crippen molar-refractivity contribution in [3.63, 3.8) is 0 Å². The fraction of sp³-hybridized carbons (Fsp3) is 0.800. The molecule has 0 fully saturated rings. The van der Waals surface area contributed by atoms with Gasteiger partial charge in [0.1, 0.15) is 5.78 Å². The van der Waals surface area contributed by atoms with Gasteiger partial charge in [0, 0.05) is 5.92 Å². The number of rotatable bonds is 9. The van der Waals surface area contributed by atoms with Gasteiger partial charge in [0.2, 0.25) is 0 Å². The highest BCUT2D eigenvalue weighted by atomic mass is 16.6. The van der Waals surface area contributed by atoms with E-state index in [0.717, 1.165) is 0 Å². The Bertz CT molecular complexity index is 330. The number of carbonyl (C=O) groups is 3. The largest absolute Gasteiger partial charge is 0.465 e. The summed E-state index contributed by atoms with van der Waals surface area (Å²) >= 11 is 0. The number of Topliss-reactive ketones (excluding diaryl/α,β-unsaturated/α-hetero) is 1. The maximum atomic E-state index is 12.3. The van der Waals surface area contributed by atoms with E-state index in [2.05, 4.69) is 0 Å². The summed E-state index contributed by atoms with van der Waals surface area (Å²) in [7, 11) is 0. The Morgan fingerprint density at radius 1 is 1.00 bits per heavy atom. The van der Waals surface area contributed by atoms with E-state index in [-0.39, 0.29) is 25.4 Å². The molecule has 0 heterocycles. The summed E-state index contributed by atoms with van der Waals surface area (Å²) in [5.74, 6) is -1.63. The Balaban J connectivity index is 5.47. The molecule has 116 valence electrons. The predicted octanol–water partition coefficient (Wildman–Crippen LogP) is 2.51. The van der Waals surface area contributed by atoms with Crippen molar-refractivity contribution in [2.24, 2.45) is 11.3 Å². The SMILES string of the molecule is CCCC(CC(C)C(C)=O)(C(=O)OCC)C(=O)OCC. The Morgan fingerprint density at radius 3 is 1.75 bits per heavy atom. The van der Waals surface area contributed by atoms with E-state index >= 15 is 0 Å². The van der Waals surface area contributed by atoms with Crippen LogP contribution >= 0.6 is 0 Å². The third-order valence-corrected chi connectivity index (χ3v) is 3.36. The Kier molecular flexibility index (Phi) is 8.11. The number of carbonyl (C=O) groups excluding carboxylic acids is 3. The molecule has 0 spiro atoms. The maximum absolute atomic E-state index is 12.3. The van der Waals surface area contributed by atoms with Gasteiger partial charge in [0.05, 0.1) is 13.2 Å². The lowest BCUT2D eigenvalue weighted by Crippen LogP contribution is -2.44. The van der Waals surface area contributed by atoms with Crippen molar-refractivity contribution in [2.45, 2.75) is 53.9 Å². The van der Waals surface area contributed by atoms with Crippen LogP contribution in [0.5, 0.6) is 0 Å². The van der Waals surface area contributed by atoms with Crippen LogP contribution in [-0.4, -0.2) is 30.9 Å². The van der Waals surface area contributed by atoms with E-state index in [1.807, 2.05) is 6.92 Å². The predicted molar refractivity (Wildman–Crippen MR) is 75.1 cm³/mol. The molecule has 0 bridgehead atoms. The zero-order valence-electron chi connectivity index (χ0n) is 13.2. The molecular weight excluding hydrogens is 260 g/mol. The molecule has 5 nitrogen and oxygen atoms in total. The summed E-state index contributed by atoms with van der Waals surface area (Å²) in [5.41, 5.74) is -1.37. The van der Waals surface area contributed by atoms with Crippen molar-refractivity contribution in [1.82, 2.24) is 0 Å². The molecule has 20 heavy (non-hydrogen) atoms. The lowest BCUT2D eigenvalue weighted by molar-refractivity contribution is -0.174. The van der Waals surface area contributed by atoms with Crippen molar-refractivity contribution < 1.29 is 23.9 Å². The van der Waals surface area contributed by atoms with Crippen LogP contribution in [0.25, 0.3) is 0 Å². The van der Waals surface area contributed by atoms with Crippen LogP contribution < -0.4 is 0 Å². The van der Waals surface area contributed by atoms with Gasteiger partial charge < -0.3 is 9.47 Å². The minimum absolute atomic E-state index is 0.0564. The molecule has 0 aromatic rings. The zero-order valence-corrected chi connectivity index (χ0v) is 13.2. The van der Waals surface area contributed by atoms with E-state index in [4.69, 9.17) is 9.47 Å². The molecule has 0 radical (unpaired) electrons. The molecule has 0 aromatic carbocycles. The number of ether oxygens (including phenoxy) is 2. The molecule has 0 amide bonds. The minimum atomic E-state index is -1.37. The highest BCUT2D eigenvalue weighted by Crippen LogP contribution is 2.35. The van der Waals surface area contributed by atoms with Crippen molar-refractivity contribution in [1.29, 1.82) is 0 Å². The highest BCUT2D eigenvalue weighted by Gasteiger charge is 2.49. The molecule has 0 aliphatic heterocycles. The smallest absolute Gasteiger partial charge is 0.323 e. The molecule has 5 heteroatoms. The summed E-state index contributed by atoms with van der Waals surface area (Å²) in [5, 5.41) is 0. The molecule has 0 rings (SSSR count). The second kappa shape index (κ2) is 8.72. The van der Waals surface area contributed by atoms with Crippen molar-refractivity contribution in [2.75, 3.05) is 13.2 Å². The third kappa shape index (κ3) is 4.62. The monoisotopic (exact) mass is 286 g/mol. The van der Waals surface area contributed by atoms with Crippen LogP contribution in [0.4, 0.5) is 0 Å². The van der Waals surface area contributed by atoms with Crippen LogP contribution in [0.1, 0.15) is 53.9 Å². The van der Waals surface area contributed by atoms with E-state index in [1.54, 1.807) is 20.8 Å². The molecule has 1 unspecified atom stereocenters. The second-order valence-electron chi connectivity index (χ2n) is 4.99. The fourth-order valence-electron chi connectivity index (χ4n) is 2.19. The fourth-order valence-corrected chi connectivity index (χ4v) is 2.19. The second-order valence-corrected chi connectivity index (χ2v) is 4.99. The number of hydrogen-bond donors (Lipinski definition) is 0. The molecule has 1 atom stereocenters. The molecule has 0 N–H and O–H groups in total. The van der Waals surface area contributed by atoms with Gasteiger partial charge in [-0.1, -0.05) is 20.3 Å². The normalized spacial score (nSPS) is 12.7. The minimum Gasteiger partial charge on any atom is -0.465 e. The average molecular weight is 286 g/mol. The molecule has 0 aromatic heterocycles. The Morgan fingerprint density at radius 2 is 1.45 bits per heavy atom. The summed E-state index contributed by atoms with van der Waals surface area (Å²) in [6.45, 7) is 8.81. The zero-order chi connectivity index (χ0) is 15.8. The standard InChI is InChI=1S/C15H26O5/c1-6-9-15(13(17)19-7-2,14(18)20-8-3)10-11(4)12(5)16/h11H,6-10H2,1-5H3. The van der Waals surface area contributed by atoms with Crippen molar-refractivity contribution in [3.8, 4) is 0 Å². The van der Waals surface area contributed by atoms with Crippen LogP contribution in [0.15, 0.2) is 0 Å². The highest BCUT2D eigenvalue weighted by molar-refractivity contribution is 6.00. The summed E-state index contributed by atoms with van der Waals surface area (Å²) in [6, 6.07) is 0. The van der Waals surface area contributed by atoms with E-state index in [9.17, 15) is 14.4 Å². The van der Waals surface area contributed by atoms with Gasteiger partial charge >= 0.3 is 11.9 Å². The topological polar surface area (TPSA) is 69.7 Å². The third-order valence-electron chi connectivity index (χ3n) is 3.36. The van der Waals surface area contributed by atoms with Crippen LogP contribution in [0.3, 0.4) is 0 Å². The molecule has 0 saturated carbocycles. The van der Waals surface area contributed by atoms with Gasteiger partial charge in [-0.3, -0.25) is 14.4 Å². The van der Waals surface area contributed by atoms with Gasteiger partial charge in [-0.2, -0.15) is 0 Å². The number of hydrogen-bond acceptors (Lipinski definition) is 5. The first-order chi connectivity index (χ1) is 9.35. The average Bonchev–Trinajstić information content (AvgIpc) is 2.38. The maximum Gasteiger partial charge on any atom is 0.323 e. The first-order valence-corrected chi connectivity index (χ1v) is 7.20. The molecule has 0 saturated heterocycles. The Hall–Kier alpha value is -1.39. The lowest BCUT2D eigenvalue weighted by atomic mass is 9.75. The van der Waals surface area contributed by atoms with Gasteiger partial charge in [0.25, 0.3) is 0 Å². The van der Waals surface area contributed by atoms with Crippen molar-refractivity contribution >= 4 is 17.7 Å². The van der Waals surface area contributed by atoms with E-state index in [1.165, 1.54) is 6.92 Å². The van der Waals surface area contributed by atoms with E-state index in [0.29, 0.717) is 12.8 Å². The van der Waals surface area contributed by atoms with Gasteiger partial charge in [-0.25, -0.2) is 0 Å². The van der Waals surface area contributed by atoms with Gasteiger partial charge in [-0.05, 0) is 33.6 Å². The molecule has 0 aliphatic carbocycles. The van der Waals surface area contributed by atoms with Gasteiger partial charge in [0.15, 0.2) is 5.41 Å². The summed E-state index contributed by atoms with van der Waals surface area (Å²) in [4.78, 5) is 36.1. The van der Waals surface area contributed by atoms with E-state index < -0.39 is 23.3 Å². The summed E-state index contributed by atoms with van der Waals surface area (Å²) < 4.78 is 10.1. The van der Waals surface area contributed by atoms with Crippen molar-refractivity contribution in [3.05, 3.63) is 0 Å². The first-order valence-electron chi connectivity index (χ1n) is 7.20. The molecule has 0 aliphatic rings. The quantitative estimate of drug-likeness (QED) is 0.481. The first kappa shape index (κ1) is 18.6. The molecular formula is C15H26O5. The lowest BCUT2D eigenvalue weighted by Gasteiger charge is -2.30. The summed E-state index contributed by atoms with van der Waals surface area (Å²) in [6.07, 6.45) is 1.08. The van der Waals surface area contributed by atoms with Crippen LogP contribution in [0.2, 0.25) is 0 Å². The Labute approximate surface area is 121 Å².